The number of rotatable bonds is 4. The fraction of sp³-hybridized carbons (Fsp3) is 0.419. The van der Waals surface area contributed by atoms with Crippen molar-refractivity contribution in [1.29, 1.82) is 0 Å². The number of allylic oxidation sites excluding steroid dienone is 4. The average Bonchev–Trinajstić information content (AvgIpc) is 2.79. The third kappa shape index (κ3) is 4.52. The van der Waals surface area contributed by atoms with Crippen molar-refractivity contribution in [1.82, 2.24) is 4.90 Å². The first kappa shape index (κ1) is 24.5. The summed E-state index contributed by atoms with van der Waals surface area (Å²) in [5.41, 5.74) is 5.28. The molecule has 2 aliphatic carbocycles. The molecule has 0 saturated carbocycles. The number of carbonyl (C=O) groups is 2. The Hall–Kier alpha value is -3.21. The highest BCUT2D eigenvalue weighted by Crippen LogP contribution is 2.53. The summed E-state index contributed by atoms with van der Waals surface area (Å²) < 4.78 is 19.1. The molecule has 36 heavy (non-hydrogen) atoms. The lowest BCUT2D eigenvalue weighted by atomic mass is 9.64. The summed E-state index contributed by atoms with van der Waals surface area (Å²) in [5.74, 6) is 0.346. The number of benzene rings is 2. The summed E-state index contributed by atoms with van der Waals surface area (Å²) in [4.78, 5) is 29.3. The molecule has 0 fully saturated rings. The van der Waals surface area contributed by atoms with Crippen LogP contribution in [0.15, 0.2) is 71.1 Å². The van der Waals surface area contributed by atoms with Gasteiger partial charge in [-0.3, -0.25) is 9.59 Å². The molecule has 0 unspecified atom stereocenters. The Morgan fingerprint density at radius 1 is 0.806 bits per heavy atom. The Morgan fingerprint density at radius 2 is 1.31 bits per heavy atom. The van der Waals surface area contributed by atoms with Gasteiger partial charge >= 0.3 is 0 Å². The van der Waals surface area contributed by atoms with Crippen molar-refractivity contribution in [2.75, 3.05) is 7.05 Å². The number of carbonyl (C=O) groups excluding carboxylic acids is 2. The van der Waals surface area contributed by atoms with Crippen LogP contribution in [0.5, 0.6) is 5.75 Å². The van der Waals surface area contributed by atoms with E-state index in [4.69, 9.17) is 4.74 Å². The molecule has 0 atom stereocenters. The van der Waals surface area contributed by atoms with Crippen molar-refractivity contribution in [3.05, 3.63) is 88.0 Å². The number of Topliss-reactive ketones (excluding diaryl/α,β-unsaturated/α-hetero) is 2. The molecule has 0 spiro atoms. The average molecular weight is 488 g/mol. The minimum absolute atomic E-state index is 0.112. The van der Waals surface area contributed by atoms with E-state index in [1.807, 2.05) is 31.3 Å². The SMILES string of the molecule is CN1C2=C(C(=O)CC(C)(C)C2)C(c2ccc(OCc3ccc(F)cc3)cc2)C2=C1CC(C)(C)CC2=O. The van der Waals surface area contributed by atoms with E-state index in [9.17, 15) is 14.0 Å². The number of halogens is 1. The standard InChI is InChI=1S/C31H34FNO3/c1-30(2)14-23-28(25(34)16-30)27(29-24(33(23)5)15-31(3,4)17-26(29)35)20-8-12-22(13-9-20)36-18-19-6-10-21(32)11-7-19/h6-13,27H,14-18H2,1-5H3. The van der Waals surface area contributed by atoms with Crippen LogP contribution in [0.2, 0.25) is 0 Å². The normalized spacial score (nSPS) is 21.4. The van der Waals surface area contributed by atoms with Crippen LogP contribution in [0.4, 0.5) is 4.39 Å². The van der Waals surface area contributed by atoms with E-state index in [0.717, 1.165) is 46.5 Å². The molecule has 1 heterocycles. The molecule has 2 aromatic carbocycles. The maximum Gasteiger partial charge on any atom is 0.162 e. The summed E-state index contributed by atoms with van der Waals surface area (Å²) in [6.07, 6.45) is 2.59. The molecule has 5 rings (SSSR count). The first-order chi connectivity index (χ1) is 16.9. The van der Waals surface area contributed by atoms with E-state index < -0.39 is 0 Å². The second-order valence-corrected chi connectivity index (χ2v) is 12.1. The summed E-state index contributed by atoms with van der Waals surface area (Å²) in [7, 11) is 2.02. The lowest BCUT2D eigenvalue weighted by Gasteiger charge is -2.47. The van der Waals surface area contributed by atoms with E-state index >= 15 is 0 Å². The largest absolute Gasteiger partial charge is 0.489 e. The van der Waals surface area contributed by atoms with E-state index in [-0.39, 0.29) is 34.1 Å². The van der Waals surface area contributed by atoms with Crippen molar-refractivity contribution in [3.63, 3.8) is 0 Å². The summed E-state index contributed by atoms with van der Waals surface area (Å²) in [5, 5.41) is 0. The highest BCUT2D eigenvalue weighted by atomic mass is 19.1. The minimum atomic E-state index is -0.343. The van der Waals surface area contributed by atoms with Crippen LogP contribution in [0.3, 0.4) is 0 Å². The Morgan fingerprint density at radius 3 is 1.81 bits per heavy atom. The predicted molar refractivity (Wildman–Crippen MR) is 138 cm³/mol. The van der Waals surface area contributed by atoms with Crippen LogP contribution >= 0.6 is 0 Å². The molecule has 0 aromatic heterocycles. The van der Waals surface area contributed by atoms with Crippen molar-refractivity contribution in [2.24, 2.45) is 10.8 Å². The van der Waals surface area contributed by atoms with Gasteiger partial charge in [0.15, 0.2) is 11.6 Å². The predicted octanol–water partition coefficient (Wildman–Crippen LogP) is 6.72. The third-order valence-electron chi connectivity index (χ3n) is 7.71. The van der Waals surface area contributed by atoms with Gasteiger partial charge in [0.05, 0.1) is 0 Å². The first-order valence-electron chi connectivity index (χ1n) is 12.7. The van der Waals surface area contributed by atoms with E-state index in [2.05, 4.69) is 32.6 Å². The molecule has 0 radical (unpaired) electrons. The highest BCUT2D eigenvalue weighted by Gasteiger charge is 2.48. The zero-order valence-corrected chi connectivity index (χ0v) is 21.8. The number of hydrogen-bond donors (Lipinski definition) is 0. The lowest BCUT2D eigenvalue weighted by Crippen LogP contribution is -2.43. The molecule has 0 N–H and O–H groups in total. The van der Waals surface area contributed by atoms with Gasteiger partial charge in [-0.1, -0.05) is 52.0 Å². The monoisotopic (exact) mass is 487 g/mol. The van der Waals surface area contributed by atoms with Crippen LogP contribution in [0.25, 0.3) is 0 Å². The number of hydrogen-bond acceptors (Lipinski definition) is 4. The Bertz CT molecular complexity index is 1230. The summed E-state index contributed by atoms with van der Waals surface area (Å²) >= 11 is 0. The Kier molecular flexibility index (Phi) is 5.93. The highest BCUT2D eigenvalue weighted by molar-refractivity contribution is 6.06. The van der Waals surface area contributed by atoms with Crippen molar-refractivity contribution in [2.45, 2.75) is 65.9 Å². The van der Waals surface area contributed by atoms with Crippen LogP contribution in [-0.4, -0.2) is 23.5 Å². The maximum absolute atomic E-state index is 13.6. The second-order valence-electron chi connectivity index (χ2n) is 12.1. The smallest absolute Gasteiger partial charge is 0.162 e. The van der Waals surface area contributed by atoms with Crippen molar-refractivity contribution >= 4 is 11.6 Å². The summed E-state index contributed by atoms with van der Waals surface area (Å²) in [6.45, 7) is 8.91. The van der Waals surface area contributed by atoms with Gasteiger partial charge in [0.1, 0.15) is 18.2 Å². The minimum Gasteiger partial charge on any atom is -0.489 e. The molecule has 2 aromatic rings. The maximum atomic E-state index is 13.6. The molecule has 0 bridgehead atoms. The molecule has 1 aliphatic heterocycles. The topological polar surface area (TPSA) is 46.6 Å². The molecule has 3 aliphatic rings. The number of ether oxygens (including phenoxy) is 1. The quantitative estimate of drug-likeness (QED) is 0.480. The molecular formula is C31H34FNO3. The lowest BCUT2D eigenvalue weighted by molar-refractivity contribution is -0.119. The third-order valence-corrected chi connectivity index (χ3v) is 7.71. The Labute approximate surface area is 212 Å². The van der Waals surface area contributed by atoms with Gasteiger partial charge in [-0.15, -0.1) is 0 Å². The first-order valence-corrected chi connectivity index (χ1v) is 12.7. The fourth-order valence-corrected chi connectivity index (χ4v) is 6.00. The van der Waals surface area contributed by atoms with Gasteiger partial charge < -0.3 is 9.64 Å². The van der Waals surface area contributed by atoms with Gasteiger partial charge in [-0.2, -0.15) is 0 Å². The van der Waals surface area contributed by atoms with Gasteiger partial charge in [0.2, 0.25) is 0 Å². The molecular weight excluding hydrogens is 453 g/mol. The van der Waals surface area contributed by atoms with E-state index in [1.165, 1.54) is 12.1 Å². The van der Waals surface area contributed by atoms with Crippen LogP contribution < -0.4 is 4.74 Å². The summed E-state index contributed by atoms with van der Waals surface area (Å²) in [6, 6.07) is 14.0. The van der Waals surface area contributed by atoms with Crippen molar-refractivity contribution in [3.8, 4) is 5.75 Å². The second kappa shape index (κ2) is 8.72. The fourth-order valence-electron chi connectivity index (χ4n) is 6.00. The Balaban J connectivity index is 1.52. The number of nitrogens with zero attached hydrogens (tertiary/aromatic N) is 1. The zero-order valence-electron chi connectivity index (χ0n) is 21.8. The van der Waals surface area contributed by atoms with Gasteiger partial charge in [-0.25, -0.2) is 4.39 Å². The van der Waals surface area contributed by atoms with E-state index in [0.29, 0.717) is 25.2 Å². The molecule has 0 amide bonds. The van der Waals surface area contributed by atoms with Gasteiger partial charge in [-0.05, 0) is 59.1 Å². The zero-order chi connectivity index (χ0) is 25.8. The van der Waals surface area contributed by atoms with Gasteiger partial charge in [0, 0.05) is 48.3 Å². The molecule has 4 nitrogen and oxygen atoms in total. The molecule has 5 heteroatoms. The molecule has 0 saturated heterocycles. The van der Waals surface area contributed by atoms with Crippen LogP contribution in [-0.2, 0) is 16.2 Å². The molecule has 188 valence electrons. The van der Waals surface area contributed by atoms with Crippen LogP contribution in [0.1, 0.15) is 70.4 Å². The van der Waals surface area contributed by atoms with Crippen LogP contribution in [0, 0.1) is 16.6 Å². The van der Waals surface area contributed by atoms with Gasteiger partial charge in [0.25, 0.3) is 0 Å². The van der Waals surface area contributed by atoms with Crippen molar-refractivity contribution < 1.29 is 18.7 Å². The van der Waals surface area contributed by atoms with E-state index in [1.54, 1.807) is 12.1 Å². The number of ketones is 2.